The predicted octanol–water partition coefficient (Wildman–Crippen LogP) is 6.56. The number of esters is 2. The third kappa shape index (κ3) is 9.68. The van der Waals surface area contributed by atoms with Gasteiger partial charge in [-0.3, -0.25) is 9.59 Å². The third-order valence-corrected chi connectivity index (χ3v) is 5.27. The molecule has 0 aromatic heterocycles. The van der Waals surface area contributed by atoms with Crippen LogP contribution >= 0.6 is 0 Å². The molecule has 184 valence electrons. The number of unbranched alkanes of at least 4 members (excludes halogenated alkanes) is 7. The molecule has 0 spiro atoms. The average molecular weight is 464 g/mol. The van der Waals surface area contributed by atoms with Crippen molar-refractivity contribution in [2.24, 2.45) is 5.41 Å². The normalized spacial score (nSPS) is 13.7. The van der Waals surface area contributed by atoms with Crippen LogP contribution in [-0.2, 0) is 19.1 Å². The molecule has 0 aliphatic heterocycles. The lowest BCUT2D eigenvalue weighted by Gasteiger charge is -2.28. The van der Waals surface area contributed by atoms with Gasteiger partial charge >= 0.3 is 24.0 Å². The highest BCUT2D eigenvalue weighted by molar-refractivity contribution is 6.00. The number of halogens is 6. The van der Waals surface area contributed by atoms with Crippen molar-refractivity contribution in [3.8, 4) is 0 Å². The van der Waals surface area contributed by atoms with E-state index in [1.807, 2.05) is 0 Å². The summed E-state index contributed by atoms with van der Waals surface area (Å²) in [5.74, 6) is -7.41. The van der Waals surface area contributed by atoms with Crippen LogP contribution in [0.25, 0.3) is 0 Å². The maximum absolute atomic E-state index is 13.4. The van der Waals surface area contributed by atoms with E-state index in [-0.39, 0.29) is 19.4 Å². The Labute approximate surface area is 180 Å². The molecule has 10 heteroatoms. The van der Waals surface area contributed by atoms with E-state index >= 15 is 0 Å². The predicted molar refractivity (Wildman–Crippen MR) is 103 cm³/mol. The second-order valence-corrected chi connectivity index (χ2v) is 7.64. The van der Waals surface area contributed by atoms with Crippen molar-refractivity contribution in [3.05, 3.63) is 0 Å². The van der Waals surface area contributed by atoms with Gasteiger partial charge in [-0.15, -0.1) is 0 Å². The summed E-state index contributed by atoms with van der Waals surface area (Å²) in [4.78, 5) is 24.7. The van der Waals surface area contributed by atoms with Gasteiger partial charge in [-0.1, -0.05) is 65.7 Å². The fourth-order valence-electron chi connectivity index (χ4n) is 3.06. The fourth-order valence-corrected chi connectivity index (χ4v) is 3.06. The summed E-state index contributed by atoms with van der Waals surface area (Å²) in [6, 6.07) is 0. The van der Waals surface area contributed by atoms with Gasteiger partial charge in [0, 0.05) is 0 Å². The Morgan fingerprint density at radius 1 is 0.742 bits per heavy atom. The van der Waals surface area contributed by atoms with Gasteiger partial charge < -0.3 is 9.47 Å². The number of rotatable bonds is 16. The Balaban J connectivity index is 4.66. The fraction of sp³-hybridized carbons (Fsp3) is 0.905. The van der Waals surface area contributed by atoms with Crippen molar-refractivity contribution >= 4 is 11.9 Å². The Morgan fingerprint density at radius 2 is 1.19 bits per heavy atom. The second kappa shape index (κ2) is 13.8. The molecule has 0 aliphatic carbocycles. The van der Waals surface area contributed by atoms with Crippen LogP contribution in [0.5, 0.6) is 0 Å². The number of ether oxygens (including phenoxy) is 2. The number of hydrogen-bond donors (Lipinski definition) is 0. The monoisotopic (exact) mass is 464 g/mol. The minimum absolute atomic E-state index is 0.0274. The smallest absolute Gasteiger partial charge is 0.425 e. The Hall–Kier alpha value is -1.48. The highest BCUT2D eigenvalue weighted by atomic mass is 19.4. The molecule has 0 saturated heterocycles. The lowest BCUT2D eigenvalue weighted by atomic mass is 9.82. The molecule has 31 heavy (non-hydrogen) atoms. The van der Waals surface area contributed by atoms with Crippen LogP contribution in [-0.4, -0.2) is 43.4 Å². The van der Waals surface area contributed by atoms with Crippen LogP contribution in [0.2, 0.25) is 0 Å². The molecular weight excluding hydrogens is 430 g/mol. The Morgan fingerprint density at radius 3 is 1.65 bits per heavy atom. The molecule has 4 nitrogen and oxygen atoms in total. The molecule has 0 saturated carbocycles. The quantitative estimate of drug-likeness (QED) is 0.112. The molecule has 0 rings (SSSR count). The molecule has 0 amide bonds. The number of carbonyl (C=O) groups excluding carboxylic acids is 2. The van der Waals surface area contributed by atoms with Gasteiger partial charge in [0.05, 0.1) is 6.61 Å². The number of hydrogen-bond acceptors (Lipinski definition) is 4. The van der Waals surface area contributed by atoms with Gasteiger partial charge in [-0.2, -0.15) is 22.0 Å². The summed E-state index contributed by atoms with van der Waals surface area (Å²) in [7, 11) is 0. The lowest BCUT2D eigenvalue weighted by molar-refractivity contribution is -0.255. The summed E-state index contributed by atoms with van der Waals surface area (Å²) in [5, 5.41) is 0. The van der Waals surface area contributed by atoms with E-state index < -0.39 is 42.2 Å². The average Bonchev–Trinajstić information content (AvgIpc) is 2.71. The standard InChI is InChI=1S/C21H34F6O4/c1-4-7-8-9-10-11-12-13-14-30-17(28)19(5-2,6-3)18(29)31-15-20(23,24)16(22)21(25,26)27/h16H,4-15H2,1-3H3. The van der Waals surface area contributed by atoms with Gasteiger partial charge in [0.15, 0.2) is 12.0 Å². The third-order valence-electron chi connectivity index (χ3n) is 5.27. The first-order chi connectivity index (χ1) is 14.4. The molecule has 0 aliphatic rings. The van der Waals surface area contributed by atoms with Gasteiger partial charge in [0.25, 0.3) is 6.17 Å². The molecule has 0 bridgehead atoms. The molecule has 0 heterocycles. The lowest BCUT2D eigenvalue weighted by Crippen LogP contribution is -2.47. The summed E-state index contributed by atoms with van der Waals surface area (Å²) < 4.78 is 85.7. The van der Waals surface area contributed by atoms with Crippen LogP contribution in [0.1, 0.15) is 85.0 Å². The van der Waals surface area contributed by atoms with E-state index in [1.165, 1.54) is 26.7 Å². The molecule has 0 aromatic carbocycles. The Kier molecular flexibility index (Phi) is 13.2. The van der Waals surface area contributed by atoms with Crippen molar-refractivity contribution < 1.29 is 45.4 Å². The van der Waals surface area contributed by atoms with Crippen LogP contribution in [0.4, 0.5) is 26.3 Å². The summed E-state index contributed by atoms with van der Waals surface area (Å²) in [6.45, 7) is 2.88. The highest BCUT2D eigenvalue weighted by Crippen LogP contribution is 2.36. The molecule has 0 N–H and O–H groups in total. The minimum Gasteiger partial charge on any atom is -0.465 e. The zero-order chi connectivity index (χ0) is 24.1. The summed E-state index contributed by atoms with van der Waals surface area (Å²) in [5.41, 5.74) is -1.93. The summed E-state index contributed by atoms with van der Waals surface area (Å²) in [6.07, 6.45) is -2.56. The first-order valence-electron chi connectivity index (χ1n) is 10.8. The number of carbonyl (C=O) groups is 2. The molecule has 0 aromatic rings. The van der Waals surface area contributed by atoms with Crippen LogP contribution in [0, 0.1) is 5.41 Å². The van der Waals surface area contributed by atoms with Crippen LogP contribution in [0.3, 0.4) is 0 Å². The van der Waals surface area contributed by atoms with Crippen molar-refractivity contribution in [2.75, 3.05) is 13.2 Å². The van der Waals surface area contributed by atoms with E-state index in [9.17, 15) is 35.9 Å². The van der Waals surface area contributed by atoms with E-state index in [1.54, 1.807) is 0 Å². The molecule has 0 fully saturated rings. The highest BCUT2D eigenvalue weighted by Gasteiger charge is 2.58. The first kappa shape index (κ1) is 29.5. The van der Waals surface area contributed by atoms with Crippen molar-refractivity contribution in [3.63, 3.8) is 0 Å². The van der Waals surface area contributed by atoms with E-state index in [4.69, 9.17) is 4.74 Å². The maximum Gasteiger partial charge on any atom is 0.425 e. The summed E-state index contributed by atoms with van der Waals surface area (Å²) >= 11 is 0. The maximum atomic E-state index is 13.4. The topological polar surface area (TPSA) is 52.6 Å². The first-order valence-corrected chi connectivity index (χ1v) is 10.8. The van der Waals surface area contributed by atoms with Gasteiger partial charge in [0.2, 0.25) is 0 Å². The van der Waals surface area contributed by atoms with Crippen molar-refractivity contribution in [1.29, 1.82) is 0 Å². The van der Waals surface area contributed by atoms with E-state index in [2.05, 4.69) is 11.7 Å². The van der Waals surface area contributed by atoms with Gasteiger partial charge in [0.1, 0.15) is 0 Å². The molecular formula is C21H34F6O4. The zero-order valence-electron chi connectivity index (χ0n) is 18.5. The SMILES string of the molecule is CCCCCCCCCCOC(=O)C(CC)(CC)C(=O)OCC(F)(F)C(F)C(F)(F)F. The minimum atomic E-state index is -5.81. The largest absolute Gasteiger partial charge is 0.465 e. The van der Waals surface area contributed by atoms with Crippen LogP contribution in [0.15, 0.2) is 0 Å². The van der Waals surface area contributed by atoms with E-state index in [0.717, 1.165) is 32.1 Å². The van der Waals surface area contributed by atoms with Gasteiger partial charge in [-0.05, 0) is 19.3 Å². The van der Waals surface area contributed by atoms with Crippen molar-refractivity contribution in [2.45, 2.75) is 103 Å². The zero-order valence-corrected chi connectivity index (χ0v) is 18.5. The number of alkyl halides is 6. The molecule has 1 unspecified atom stereocenters. The van der Waals surface area contributed by atoms with Gasteiger partial charge in [-0.25, -0.2) is 4.39 Å². The molecule has 1 atom stereocenters. The van der Waals surface area contributed by atoms with Crippen molar-refractivity contribution in [1.82, 2.24) is 0 Å². The van der Waals surface area contributed by atoms with E-state index in [0.29, 0.717) is 6.42 Å². The van der Waals surface area contributed by atoms with Crippen LogP contribution < -0.4 is 0 Å². The molecule has 0 radical (unpaired) electrons. The second-order valence-electron chi connectivity index (χ2n) is 7.64. The Bertz CT molecular complexity index is 532.